The van der Waals surface area contributed by atoms with Gasteiger partial charge in [0.2, 0.25) is 5.91 Å². The number of primary amides is 1. The van der Waals surface area contributed by atoms with Crippen LogP contribution in [-0.2, 0) is 9.59 Å². The molecule has 108 valence electrons. The van der Waals surface area contributed by atoms with E-state index in [0.29, 0.717) is 6.54 Å². The van der Waals surface area contributed by atoms with Crippen molar-refractivity contribution in [3.63, 3.8) is 0 Å². The lowest BCUT2D eigenvalue weighted by molar-refractivity contribution is -0.139. The lowest BCUT2D eigenvalue weighted by atomic mass is 10.1. The molecule has 0 aromatic carbocycles. The molecule has 0 spiro atoms. The van der Waals surface area contributed by atoms with E-state index in [0.717, 1.165) is 12.8 Å². The fourth-order valence-electron chi connectivity index (χ4n) is 1.38. The highest BCUT2D eigenvalue weighted by Crippen LogP contribution is 2.00. The molecule has 0 heterocycles. The highest BCUT2D eigenvalue weighted by molar-refractivity contribution is 5.83. The Balaban J connectivity index is 4.25. The first-order valence-electron chi connectivity index (χ1n) is 6.02. The summed E-state index contributed by atoms with van der Waals surface area (Å²) in [4.78, 5) is 34.6. The number of carboxylic acids is 1. The van der Waals surface area contributed by atoms with Crippen LogP contribution in [-0.4, -0.2) is 47.5 Å². The summed E-state index contributed by atoms with van der Waals surface area (Å²) in [7, 11) is 1.57. The molecular formula is C12H21N3O4. The SMILES string of the molecule is C=CCCCN(C)C(=O)NC(CCC(N)=O)C(=O)O. The fourth-order valence-corrected chi connectivity index (χ4v) is 1.38. The van der Waals surface area contributed by atoms with E-state index >= 15 is 0 Å². The van der Waals surface area contributed by atoms with E-state index in [9.17, 15) is 14.4 Å². The van der Waals surface area contributed by atoms with E-state index in [1.54, 1.807) is 13.1 Å². The summed E-state index contributed by atoms with van der Waals surface area (Å²) >= 11 is 0. The van der Waals surface area contributed by atoms with E-state index in [4.69, 9.17) is 10.8 Å². The fraction of sp³-hybridized carbons (Fsp3) is 0.583. The third-order valence-corrected chi connectivity index (χ3v) is 2.52. The van der Waals surface area contributed by atoms with E-state index in [1.807, 2.05) is 0 Å². The molecule has 0 aliphatic heterocycles. The van der Waals surface area contributed by atoms with Crippen molar-refractivity contribution >= 4 is 17.9 Å². The van der Waals surface area contributed by atoms with Crippen LogP contribution in [0.5, 0.6) is 0 Å². The number of urea groups is 1. The number of nitrogens with two attached hydrogens (primary N) is 1. The highest BCUT2D eigenvalue weighted by atomic mass is 16.4. The smallest absolute Gasteiger partial charge is 0.326 e. The molecule has 0 aromatic heterocycles. The van der Waals surface area contributed by atoms with Crippen LogP contribution in [0.3, 0.4) is 0 Å². The Morgan fingerprint density at radius 3 is 2.58 bits per heavy atom. The van der Waals surface area contributed by atoms with Gasteiger partial charge in [0.15, 0.2) is 0 Å². The molecule has 0 aliphatic carbocycles. The van der Waals surface area contributed by atoms with Gasteiger partial charge in [0, 0.05) is 20.0 Å². The van der Waals surface area contributed by atoms with Gasteiger partial charge in [-0.25, -0.2) is 9.59 Å². The second-order valence-electron chi connectivity index (χ2n) is 4.20. The molecule has 0 fully saturated rings. The number of aliphatic carboxylic acids is 1. The number of hydrogen-bond donors (Lipinski definition) is 3. The maximum Gasteiger partial charge on any atom is 0.326 e. The summed E-state index contributed by atoms with van der Waals surface area (Å²) in [6, 6.07) is -1.59. The van der Waals surface area contributed by atoms with Crippen molar-refractivity contribution in [3.8, 4) is 0 Å². The maximum absolute atomic E-state index is 11.7. The van der Waals surface area contributed by atoms with Crippen molar-refractivity contribution in [2.24, 2.45) is 5.73 Å². The number of carboxylic acid groups (broad SMARTS) is 1. The number of carbonyl (C=O) groups is 3. The van der Waals surface area contributed by atoms with E-state index in [-0.39, 0.29) is 12.8 Å². The number of allylic oxidation sites excluding steroid dienone is 1. The first-order valence-corrected chi connectivity index (χ1v) is 6.02. The third kappa shape index (κ3) is 7.80. The van der Waals surface area contributed by atoms with Crippen LogP contribution in [0.2, 0.25) is 0 Å². The number of unbranched alkanes of at least 4 members (excludes halogenated alkanes) is 1. The number of nitrogens with zero attached hydrogens (tertiary/aromatic N) is 1. The Kier molecular flexibility index (Phi) is 7.99. The van der Waals surface area contributed by atoms with Gasteiger partial charge in [0.25, 0.3) is 0 Å². The lowest BCUT2D eigenvalue weighted by Gasteiger charge is -2.21. The standard InChI is InChI=1S/C12H21N3O4/c1-3-4-5-8-15(2)12(19)14-9(11(17)18)6-7-10(13)16/h3,9H,1,4-8H2,2H3,(H2,13,16)(H,14,19)(H,17,18). The molecule has 0 saturated carbocycles. The molecule has 3 amide bonds. The van der Waals surface area contributed by atoms with E-state index < -0.39 is 23.9 Å². The number of carbonyl (C=O) groups excluding carboxylic acids is 2. The molecule has 7 heteroatoms. The van der Waals surface area contributed by atoms with Crippen molar-refractivity contribution in [1.29, 1.82) is 0 Å². The normalized spacial score (nSPS) is 11.4. The Labute approximate surface area is 112 Å². The second kappa shape index (κ2) is 8.96. The number of nitrogens with one attached hydrogen (secondary N) is 1. The summed E-state index contributed by atoms with van der Waals surface area (Å²) in [5.74, 6) is -1.78. The second-order valence-corrected chi connectivity index (χ2v) is 4.20. The van der Waals surface area contributed by atoms with Crippen LogP contribution in [0.1, 0.15) is 25.7 Å². The largest absolute Gasteiger partial charge is 0.480 e. The molecule has 7 nitrogen and oxygen atoms in total. The lowest BCUT2D eigenvalue weighted by Crippen LogP contribution is -2.47. The van der Waals surface area contributed by atoms with Crippen molar-refractivity contribution in [2.45, 2.75) is 31.7 Å². The Morgan fingerprint density at radius 2 is 2.11 bits per heavy atom. The van der Waals surface area contributed by atoms with Gasteiger partial charge in [-0.1, -0.05) is 6.08 Å². The quantitative estimate of drug-likeness (QED) is 0.414. The summed E-state index contributed by atoms with van der Waals surface area (Å²) < 4.78 is 0. The van der Waals surface area contributed by atoms with Crippen molar-refractivity contribution in [2.75, 3.05) is 13.6 Å². The predicted octanol–water partition coefficient (Wildman–Crippen LogP) is 0.313. The average molecular weight is 271 g/mol. The molecule has 0 rings (SSSR count). The molecular weight excluding hydrogens is 250 g/mol. The van der Waals surface area contributed by atoms with Crippen LogP contribution in [0.15, 0.2) is 12.7 Å². The first kappa shape index (κ1) is 16.9. The van der Waals surface area contributed by atoms with Crippen LogP contribution >= 0.6 is 0 Å². The molecule has 1 unspecified atom stereocenters. The van der Waals surface area contributed by atoms with Crippen molar-refractivity contribution in [3.05, 3.63) is 12.7 Å². The summed E-state index contributed by atoms with van der Waals surface area (Å²) in [6.07, 6.45) is 3.18. The molecule has 0 radical (unpaired) electrons. The molecule has 0 aromatic rings. The van der Waals surface area contributed by atoms with E-state index in [2.05, 4.69) is 11.9 Å². The van der Waals surface area contributed by atoms with Crippen LogP contribution < -0.4 is 11.1 Å². The highest BCUT2D eigenvalue weighted by Gasteiger charge is 2.21. The predicted molar refractivity (Wildman–Crippen MR) is 70.4 cm³/mol. The summed E-state index contributed by atoms with van der Waals surface area (Å²) in [5.41, 5.74) is 4.95. The van der Waals surface area contributed by atoms with E-state index in [1.165, 1.54) is 4.90 Å². The molecule has 4 N–H and O–H groups in total. The summed E-state index contributed by atoms with van der Waals surface area (Å²) in [6.45, 7) is 4.07. The Hall–Kier alpha value is -2.05. The zero-order valence-corrected chi connectivity index (χ0v) is 11.1. The zero-order valence-electron chi connectivity index (χ0n) is 11.1. The first-order chi connectivity index (χ1) is 8.88. The zero-order chi connectivity index (χ0) is 14.8. The van der Waals surface area contributed by atoms with Gasteiger partial charge in [-0.15, -0.1) is 6.58 Å². The topological polar surface area (TPSA) is 113 Å². The van der Waals surface area contributed by atoms with Crippen molar-refractivity contribution in [1.82, 2.24) is 10.2 Å². The van der Waals surface area contributed by atoms with Gasteiger partial charge in [-0.05, 0) is 19.3 Å². The van der Waals surface area contributed by atoms with Gasteiger partial charge < -0.3 is 21.1 Å². The minimum Gasteiger partial charge on any atom is -0.480 e. The van der Waals surface area contributed by atoms with Crippen molar-refractivity contribution < 1.29 is 19.5 Å². The minimum atomic E-state index is -1.19. The number of hydrogen-bond acceptors (Lipinski definition) is 3. The molecule has 0 bridgehead atoms. The maximum atomic E-state index is 11.7. The summed E-state index contributed by atoms with van der Waals surface area (Å²) in [5, 5.41) is 11.3. The van der Waals surface area contributed by atoms with Crippen LogP contribution in [0, 0.1) is 0 Å². The molecule has 1 atom stereocenters. The molecule has 0 aliphatic rings. The average Bonchev–Trinajstić information content (AvgIpc) is 2.33. The van der Waals surface area contributed by atoms with Gasteiger partial charge in [0.1, 0.15) is 6.04 Å². The monoisotopic (exact) mass is 271 g/mol. The van der Waals surface area contributed by atoms with Crippen LogP contribution in [0.4, 0.5) is 4.79 Å². The minimum absolute atomic E-state index is 0.0170. The molecule has 19 heavy (non-hydrogen) atoms. The Morgan fingerprint density at radius 1 is 1.47 bits per heavy atom. The Bertz CT molecular complexity index is 344. The van der Waals surface area contributed by atoms with Crippen LogP contribution in [0.25, 0.3) is 0 Å². The molecule has 0 saturated heterocycles. The van der Waals surface area contributed by atoms with Gasteiger partial charge in [-0.3, -0.25) is 4.79 Å². The third-order valence-electron chi connectivity index (χ3n) is 2.52. The number of amides is 3. The van der Waals surface area contributed by atoms with Gasteiger partial charge >= 0.3 is 12.0 Å². The van der Waals surface area contributed by atoms with Gasteiger partial charge in [-0.2, -0.15) is 0 Å². The van der Waals surface area contributed by atoms with Gasteiger partial charge in [0.05, 0.1) is 0 Å². The number of rotatable bonds is 9.